The van der Waals surface area contributed by atoms with E-state index in [0.29, 0.717) is 35.2 Å². The molecule has 1 N–H and O–H groups in total. The Morgan fingerprint density at radius 3 is 2.58 bits per heavy atom. The summed E-state index contributed by atoms with van der Waals surface area (Å²) in [7, 11) is 0. The molecular formula is C23H25ClN4O3. The van der Waals surface area contributed by atoms with Crippen molar-refractivity contribution in [3.63, 3.8) is 0 Å². The number of hydrogen-bond acceptors (Lipinski definition) is 6. The molecule has 4 rings (SSSR count). The summed E-state index contributed by atoms with van der Waals surface area (Å²) in [5, 5.41) is 15.0. The molecule has 8 heteroatoms. The topological polar surface area (TPSA) is 84.4 Å². The highest BCUT2D eigenvalue weighted by atomic mass is 35.5. The summed E-state index contributed by atoms with van der Waals surface area (Å²) in [6, 6.07) is 12.3. The second kappa shape index (κ2) is 9.94. The largest absolute Gasteiger partial charge is 0.459 e. The molecule has 162 valence electrons. The van der Waals surface area contributed by atoms with Gasteiger partial charge >= 0.3 is 0 Å². The van der Waals surface area contributed by atoms with Gasteiger partial charge in [-0.1, -0.05) is 30.5 Å². The minimum absolute atomic E-state index is 0.0723. The van der Waals surface area contributed by atoms with Crippen LogP contribution >= 0.6 is 11.6 Å². The summed E-state index contributed by atoms with van der Waals surface area (Å²) < 4.78 is 5.82. The fourth-order valence-corrected chi connectivity index (χ4v) is 3.99. The van der Waals surface area contributed by atoms with Crippen molar-refractivity contribution >= 4 is 23.1 Å². The van der Waals surface area contributed by atoms with Crippen LogP contribution in [0.3, 0.4) is 0 Å². The first-order valence-electron chi connectivity index (χ1n) is 10.5. The normalized spacial score (nSPS) is 14.4. The van der Waals surface area contributed by atoms with Crippen LogP contribution in [0.4, 0.5) is 11.5 Å². The van der Waals surface area contributed by atoms with Gasteiger partial charge < -0.3 is 14.6 Å². The summed E-state index contributed by atoms with van der Waals surface area (Å²) in [6.07, 6.45) is 6.99. The van der Waals surface area contributed by atoms with Gasteiger partial charge in [-0.25, -0.2) is 4.98 Å². The molecule has 31 heavy (non-hydrogen) atoms. The smallest absolute Gasteiger partial charge is 0.281 e. The molecule has 1 aliphatic rings. The minimum atomic E-state index is -0.454. The maximum Gasteiger partial charge on any atom is 0.281 e. The van der Waals surface area contributed by atoms with Crippen molar-refractivity contribution in [2.75, 3.05) is 18.0 Å². The number of furan rings is 1. The van der Waals surface area contributed by atoms with Gasteiger partial charge in [-0.2, -0.15) is 0 Å². The highest BCUT2D eigenvalue weighted by molar-refractivity contribution is 6.30. The van der Waals surface area contributed by atoms with Gasteiger partial charge in [0.1, 0.15) is 17.3 Å². The van der Waals surface area contributed by atoms with Crippen molar-refractivity contribution in [1.29, 1.82) is 0 Å². The molecule has 0 amide bonds. The molecule has 1 saturated heterocycles. The summed E-state index contributed by atoms with van der Waals surface area (Å²) >= 11 is 5.89. The van der Waals surface area contributed by atoms with Crippen molar-refractivity contribution in [2.24, 2.45) is 0 Å². The van der Waals surface area contributed by atoms with Gasteiger partial charge in [-0.05, 0) is 48.7 Å². The van der Waals surface area contributed by atoms with E-state index in [4.69, 9.17) is 16.0 Å². The van der Waals surface area contributed by atoms with Crippen molar-refractivity contribution in [2.45, 2.75) is 38.8 Å². The fraction of sp³-hybridized carbons (Fsp3) is 0.348. The molecule has 0 saturated carbocycles. The molecule has 3 aromatic rings. The van der Waals surface area contributed by atoms with Crippen LogP contribution in [-0.2, 0) is 13.1 Å². The Balaban J connectivity index is 1.34. The van der Waals surface area contributed by atoms with Crippen LogP contribution in [0.15, 0.2) is 53.1 Å². The highest BCUT2D eigenvalue weighted by Crippen LogP contribution is 2.33. The zero-order valence-electron chi connectivity index (χ0n) is 17.2. The van der Waals surface area contributed by atoms with Crippen molar-refractivity contribution in [3.05, 3.63) is 75.1 Å². The van der Waals surface area contributed by atoms with Gasteiger partial charge in [0.2, 0.25) is 0 Å². The predicted octanol–water partition coefficient (Wildman–Crippen LogP) is 5.57. The first kappa shape index (κ1) is 21.3. The van der Waals surface area contributed by atoms with E-state index in [9.17, 15) is 10.1 Å². The summed E-state index contributed by atoms with van der Waals surface area (Å²) in [5.74, 6) is 2.20. The quantitative estimate of drug-likeness (QED) is 0.381. The Morgan fingerprint density at radius 2 is 1.87 bits per heavy atom. The van der Waals surface area contributed by atoms with Crippen LogP contribution in [0, 0.1) is 10.1 Å². The van der Waals surface area contributed by atoms with Gasteiger partial charge in [-0.15, -0.1) is 0 Å². The van der Waals surface area contributed by atoms with Crippen LogP contribution < -0.4 is 10.2 Å². The molecule has 3 heterocycles. The third kappa shape index (κ3) is 5.42. The Hall–Kier alpha value is -2.90. The molecule has 0 aliphatic carbocycles. The van der Waals surface area contributed by atoms with Crippen LogP contribution in [0.2, 0.25) is 5.02 Å². The average molecular weight is 441 g/mol. The van der Waals surface area contributed by atoms with E-state index in [1.807, 2.05) is 12.3 Å². The van der Waals surface area contributed by atoms with Crippen LogP contribution in [0.5, 0.6) is 0 Å². The first-order valence-corrected chi connectivity index (χ1v) is 10.9. The molecule has 1 aromatic carbocycles. The number of aromatic nitrogens is 1. The Labute approximate surface area is 186 Å². The minimum Gasteiger partial charge on any atom is -0.459 e. The molecule has 7 nitrogen and oxygen atoms in total. The highest BCUT2D eigenvalue weighted by Gasteiger charge is 2.18. The van der Waals surface area contributed by atoms with Crippen molar-refractivity contribution in [1.82, 2.24) is 10.3 Å². The van der Waals surface area contributed by atoms with Gasteiger partial charge in [0, 0.05) is 36.9 Å². The van der Waals surface area contributed by atoms with E-state index in [0.717, 1.165) is 24.5 Å². The lowest BCUT2D eigenvalue weighted by atomic mass is 10.1. The van der Waals surface area contributed by atoms with Gasteiger partial charge in [0.25, 0.3) is 5.69 Å². The molecular weight excluding hydrogens is 416 g/mol. The van der Waals surface area contributed by atoms with E-state index in [1.165, 1.54) is 31.7 Å². The van der Waals surface area contributed by atoms with E-state index in [-0.39, 0.29) is 5.69 Å². The monoisotopic (exact) mass is 440 g/mol. The SMILES string of the molecule is O=[N+]([O-])c1cc(Cl)ccc1-c1ccc(CNCc2ccc(N3CCCCCC3)nc2)o1. The molecule has 0 unspecified atom stereocenters. The second-order valence-corrected chi connectivity index (χ2v) is 8.15. The van der Waals surface area contributed by atoms with Gasteiger partial charge in [0.05, 0.1) is 17.0 Å². The number of nitrogens with one attached hydrogen (secondary N) is 1. The van der Waals surface area contributed by atoms with Crippen LogP contribution in [-0.4, -0.2) is 23.0 Å². The lowest BCUT2D eigenvalue weighted by molar-refractivity contribution is -0.384. The maximum absolute atomic E-state index is 11.3. The number of rotatable bonds is 7. The summed E-state index contributed by atoms with van der Waals surface area (Å²) in [5.41, 5.74) is 1.43. The lowest BCUT2D eigenvalue weighted by Gasteiger charge is -2.21. The molecule has 2 aromatic heterocycles. The molecule has 1 fully saturated rings. The summed E-state index contributed by atoms with van der Waals surface area (Å²) in [4.78, 5) is 17.9. The Morgan fingerprint density at radius 1 is 1.06 bits per heavy atom. The zero-order valence-corrected chi connectivity index (χ0v) is 18.0. The molecule has 1 aliphatic heterocycles. The van der Waals surface area contributed by atoms with Crippen molar-refractivity contribution < 1.29 is 9.34 Å². The van der Waals surface area contributed by atoms with Crippen LogP contribution in [0.1, 0.15) is 37.0 Å². The number of nitro benzene ring substituents is 1. The van der Waals surface area contributed by atoms with E-state index in [2.05, 4.69) is 27.3 Å². The fourth-order valence-electron chi connectivity index (χ4n) is 3.82. The number of nitrogens with zero attached hydrogens (tertiary/aromatic N) is 3. The zero-order chi connectivity index (χ0) is 21.6. The summed E-state index contributed by atoms with van der Waals surface area (Å²) in [6.45, 7) is 3.33. The number of nitro groups is 1. The second-order valence-electron chi connectivity index (χ2n) is 7.71. The van der Waals surface area contributed by atoms with E-state index in [1.54, 1.807) is 18.2 Å². The number of pyridine rings is 1. The maximum atomic E-state index is 11.3. The van der Waals surface area contributed by atoms with Crippen LogP contribution in [0.25, 0.3) is 11.3 Å². The average Bonchev–Trinajstić information content (AvgIpc) is 3.07. The standard InChI is InChI=1S/C23H25ClN4O3/c24-18-6-8-20(21(13-18)28(29)30)22-9-7-19(31-22)16-25-14-17-5-10-23(26-15-17)27-11-3-1-2-4-12-27/h5-10,13,15,25H,1-4,11-12,14,16H2. The van der Waals surface area contributed by atoms with Gasteiger partial charge in [-0.3, -0.25) is 10.1 Å². The first-order chi connectivity index (χ1) is 15.1. The van der Waals surface area contributed by atoms with Gasteiger partial charge in [0.15, 0.2) is 0 Å². The lowest BCUT2D eigenvalue weighted by Crippen LogP contribution is -2.24. The molecule has 0 bridgehead atoms. The van der Waals surface area contributed by atoms with E-state index < -0.39 is 4.92 Å². The number of anilines is 1. The molecule has 0 spiro atoms. The van der Waals surface area contributed by atoms with E-state index >= 15 is 0 Å². The number of benzene rings is 1. The van der Waals surface area contributed by atoms with Crippen molar-refractivity contribution in [3.8, 4) is 11.3 Å². The predicted molar refractivity (Wildman–Crippen MR) is 121 cm³/mol. The number of hydrogen-bond donors (Lipinski definition) is 1. The third-order valence-electron chi connectivity index (χ3n) is 5.45. The third-order valence-corrected chi connectivity index (χ3v) is 5.69. The number of halogens is 1. The Bertz CT molecular complexity index is 1030. The molecule has 0 atom stereocenters. The Kier molecular flexibility index (Phi) is 6.84. The molecule has 0 radical (unpaired) electrons.